The molecule has 9 nitrogen and oxygen atoms in total. The number of ether oxygens (including phenoxy) is 1. The molecule has 0 bridgehead atoms. The van der Waals surface area contributed by atoms with Gasteiger partial charge in [-0.25, -0.2) is 4.98 Å². The Morgan fingerprint density at radius 3 is 1.76 bits per heavy atom. The molecule has 1 aliphatic carbocycles. The summed E-state index contributed by atoms with van der Waals surface area (Å²) >= 11 is 7.21. The zero-order chi connectivity index (χ0) is 23.7. The maximum atomic E-state index is 7.56. The van der Waals surface area contributed by atoms with E-state index in [1.54, 1.807) is 0 Å². The van der Waals surface area contributed by atoms with E-state index < -0.39 is 13.4 Å². The van der Waals surface area contributed by atoms with Gasteiger partial charge in [0.2, 0.25) is 5.88 Å². The SMILES string of the molecule is C#CCOc1cc(C)nc(C2CC2)n1.CC.CCC.OP(O)(O)=S.OP(O)(O)=S. The number of terminal acetylenes is 1. The van der Waals surface area contributed by atoms with Gasteiger partial charge in [0, 0.05) is 17.7 Å². The fourth-order valence-electron chi connectivity index (χ4n) is 1.28. The molecule has 1 aromatic rings. The highest BCUT2D eigenvalue weighted by Gasteiger charge is 2.27. The van der Waals surface area contributed by atoms with Crippen molar-refractivity contribution in [2.75, 3.05) is 6.61 Å². The summed E-state index contributed by atoms with van der Waals surface area (Å²) in [7, 11) is 0. The highest BCUT2D eigenvalue weighted by molar-refractivity contribution is 8.06. The van der Waals surface area contributed by atoms with Gasteiger partial charge in [-0.1, -0.05) is 40.0 Å². The van der Waals surface area contributed by atoms with Crippen LogP contribution in [-0.2, 0) is 23.6 Å². The number of hydrogen-bond donors (Lipinski definition) is 6. The predicted molar refractivity (Wildman–Crippen MR) is 122 cm³/mol. The van der Waals surface area contributed by atoms with E-state index in [2.05, 4.69) is 53.3 Å². The Morgan fingerprint density at radius 1 is 1.07 bits per heavy atom. The topological polar surface area (TPSA) is 156 Å². The Kier molecular flexibility index (Phi) is 20.9. The van der Waals surface area contributed by atoms with Crippen molar-refractivity contribution in [2.45, 2.75) is 59.8 Å². The number of aryl methyl sites for hydroxylation is 1. The maximum absolute atomic E-state index is 7.56. The van der Waals surface area contributed by atoms with Crippen molar-refractivity contribution in [1.29, 1.82) is 0 Å². The van der Waals surface area contributed by atoms with Crippen LogP contribution in [0.15, 0.2) is 6.07 Å². The normalized spacial score (nSPS) is 12.1. The zero-order valence-corrected chi connectivity index (χ0v) is 20.7. The lowest BCUT2D eigenvalue weighted by atomic mass is 10.3. The van der Waals surface area contributed by atoms with E-state index in [1.807, 2.05) is 26.8 Å². The molecule has 0 aliphatic heterocycles. The summed E-state index contributed by atoms with van der Waals surface area (Å²) in [5.41, 5.74) is 0.939. The van der Waals surface area contributed by atoms with Crippen LogP contribution in [0.5, 0.6) is 5.88 Å². The van der Waals surface area contributed by atoms with E-state index in [0.717, 1.165) is 11.5 Å². The molecule has 1 heterocycles. The second-order valence-corrected chi connectivity index (χ2v) is 10.2. The van der Waals surface area contributed by atoms with Gasteiger partial charge < -0.3 is 34.1 Å². The van der Waals surface area contributed by atoms with Crippen LogP contribution < -0.4 is 4.74 Å². The van der Waals surface area contributed by atoms with E-state index in [9.17, 15) is 0 Å². The molecule has 1 aromatic heterocycles. The third-order valence-electron chi connectivity index (χ3n) is 2.09. The Bertz CT molecular complexity index is 650. The highest BCUT2D eigenvalue weighted by atomic mass is 32.5. The highest BCUT2D eigenvalue weighted by Crippen LogP contribution is 2.38. The van der Waals surface area contributed by atoms with Crippen molar-refractivity contribution in [3.8, 4) is 18.2 Å². The van der Waals surface area contributed by atoms with E-state index >= 15 is 0 Å². The molecule has 0 amide bonds. The van der Waals surface area contributed by atoms with Gasteiger partial charge in [0.15, 0.2) is 6.61 Å². The Balaban J connectivity index is -0.000000376. The fourth-order valence-corrected chi connectivity index (χ4v) is 1.28. The molecule has 1 fully saturated rings. The van der Waals surface area contributed by atoms with Crippen LogP contribution in [0.25, 0.3) is 0 Å². The third kappa shape index (κ3) is 35.3. The molecule has 170 valence electrons. The van der Waals surface area contributed by atoms with Gasteiger partial charge in [-0.05, 0) is 43.4 Å². The van der Waals surface area contributed by atoms with Crippen molar-refractivity contribution in [1.82, 2.24) is 9.97 Å². The molecule has 0 saturated heterocycles. The van der Waals surface area contributed by atoms with Crippen LogP contribution in [0.4, 0.5) is 0 Å². The summed E-state index contributed by atoms with van der Waals surface area (Å²) in [4.78, 5) is 54.0. The van der Waals surface area contributed by atoms with Gasteiger partial charge >= 0.3 is 13.4 Å². The second-order valence-electron chi connectivity index (χ2n) is 5.21. The first-order chi connectivity index (χ1) is 13.2. The van der Waals surface area contributed by atoms with Crippen molar-refractivity contribution in [3.63, 3.8) is 0 Å². The number of hydrogen-bond acceptors (Lipinski definition) is 5. The average molecular weight is 491 g/mol. The summed E-state index contributed by atoms with van der Waals surface area (Å²) < 4.78 is 5.27. The molecule has 0 aromatic carbocycles. The minimum Gasteiger partial charge on any atom is -0.464 e. The smallest absolute Gasteiger partial charge is 0.319 e. The Hall–Kier alpha value is -0.500. The first-order valence-electron chi connectivity index (χ1n) is 8.69. The molecular formula is C16H32N2O7P2S2. The van der Waals surface area contributed by atoms with E-state index in [-0.39, 0.29) is 6.61 Å². The van der Waals surface area contributed by atoms with Gasteiger partial charge in [-0.15, -0.1) is 6.42 Å². The standard InChI is InChI=1S/C11H12N2O.C3H8.C2H6.2H3O3PS/c1-3-6-14-10-7-8(2)12-11(13-10)9-4-5-9;1-3-2;1-2;2*1-4(2,3)5/h1,7,9H,4-6H2,2H3;3H2,1-2H3;1-2H3;2*(H3,1,2,3,5). The maximum Gasteiger partial charge on any atom is 0.319 e. The summed E-state index contributed by atoms with van der Waals surface area (Å²) in [6.45, 7) is 2.84. The Labute approximate surface area is 183 Å². The number of nitrogens with zero attached hydrogens (tertiary/aromatic N) is 2. The van der Waals surface area contributed by atoms with Crippen LogP contribution in [0.2, 0.25) is 0 Å². The van der Waals surface area contributed by atoms with Crippen LogP contribution in [0.1, 0.15) is 64.4 Å². The van der Waals surface area contributed by atoms with Gasteiger partial charge in [-0.3, -0.25) is 0 Å². The van der Waals surface area contributed by atoms with Crippen molar-refractivity contribution >= 4 is 37.1 Å². The minimum atomic E-state index is -3.81. The van der Waals surface area contributed by atoms with Crippen molar-refractivity contribution < 1.29 is 34.1 Å². The molecule has 1 saturated carbocycles. The molecule has 0 unspecified atom stereocenters. The van der Waals surface area contributed by atoms with E-state index in [1.165, 1.54) is 19.3 Å². The lowest BCUT2D eigenvalue weighted by molar-refractivity contribution is 0.352. The van der Waals surface area contributed by atoms with Crippen LogP contribution in [0.3, 0.4) is 0 Å². The first kappa shape index (κ1) is 33.1. The second kappa shape index (κ2) is 18.3. The van der Waals surface area contributed by atoms with E-state index in [4.69, 9.17) is 40.5 Å². The quantitative estimate of drug-likeness (QED) is 0.273. The minimum absolute atomic E-state index is 0.264. The summed E-state index contributed by atoms with van der Waals surface area (Å²) in [6, 6.07) is 1.81. The lowest BCUT2D eigenvalue weighted by Gasteiger charge is -2.04. The third-order valence-corrected chi connectivity index (χ3v) is 2.09. The molecule has 29 heavy (non-hydrogen) atoms. The van der Waals surface area contributed by atoms with Crippen LogP contribution in [0, 0.1) is 19.3 Å². The first-order valence-corrected chi connectivity index (χ1v) is 14.0. The lowest BCUT2D eigenvalue weighted by Crippen LogP contribution is -2.01. The summed E-state index contributed by atoms with van der Waals surface area (Å²) in [5, 5.41) is 0. The number of aromatic nitrogens is 2. The Morgan fingerprint density at radius 2 is 1.45 bits per heavy atom. The molecule has 6 N–H and O–H groups in total. The van der Waals surface area contributed by atoms with Crippen LogP contribution in [-0.4, -0.2) is 45.9 Å². The molecule has 0 atom stereocenters. The largest absolute Gasteiger partial charge is 0.464 e. The van der Waals surface area contributed by atoms with Gasteiger partial charge in [0.05, 0.1) is 0 Å². The molecule has 2 rings (SSSR count). The molecule has 1 aliphatic rings. The average Bonchev–Trinajstić information content (AvgIpc) is 3.37. The van der Waals surface area contributed by atoms with Crippen molar-refractivity contribution in [3.05, 3.63) is 17.6 Å². The molecule has 13 heteroatoms. The van der Waals surface area contributed by atoms with Crippen molar-refractivity contribution in [2.24, 2.45) is 0 Å². The fraction of sp³-hybridized carbons (Fsp3) is 0.625. The molecule has 0 spiro atoms. The van der Waals surface area contributed by atoms with Gasteiger partial charge in [0.25, 0.3) is 0 Å². The van der Waals surface area contributed by atoms with Gasteiger partial charge in [-0.2, -0.15) is 4.98 Å². The zero-order valence-electron chi connectivity index (χ0n) is 17.3. The summed E-state index contributed by atoms with van der Waals surface area (Å²) in [6.07, 6.45) is 8.74. The van der Waals surface area contributed by atoms with Crippen LogP contribution >= 0.6 is 13.4 Å². The van der Waals surface area contributed by atoms with E-state index in [0.29, 0.717) is 11.8 Å². The predicted octanol–water partition coefficient (Wildman–Crippen LogP) is 2.49. The number of rotatable bonds is 3. The molecular weight excluding hydrogens is 458 g/mol. The molecule has 0 radical (unpaired) electrons. The summed E-state index contributed by atoms with van der Waals surface area (Å²) in [5.74, 6) is 4.46. The van der Waals surface area contributed by atoms with Gasteiger partial charge in [0.1, 0.15) is 5.82 Å². The monoisotopic (exact) mass is 490 g/mol.